The van der Waals surface area contributed by atoms with Gasteiger partial charge in [0.05, 0.1) is 24.7 Å². The van der Waals surface area contributed by atoms with Gasteiger partial charge in [-0.15, -0.1) is 0 Å². The van der Waals surface area contributed by atoms with E-state index in [0.717, 1.165) is 27.8 Å². The average Bonchev–Trinajstić information content (AvgIpc) is 3.30. The molecule has 156 valence electrons. The van der Waals surface area contributed by atoms with E-state index in [1.807, 2.05) is 6.92 Å². The molecule has 1 aliphatic rings. The normalized spacial score (nSPS) is 16.1. The summed E-state index contributed by atoms with van der Waals surface area (Å²) in [5.41, 5.74) is 2.01. The molecule has 3 rings (SSSR count). The van der Waals surface area contributed by atoms with E-state index in [4.69, 9.17) is 9.15 Å². The maximum absolute atomic E-state index is 12.6. The standard InChI is InChI=1S/C21H19NO7S/c1-11-9-13(20(25)28-4)5-7-15(11)16-8-6-14(29-16)10-17-18(23)22(21(26)30-17)12(2)19(24)27-3/h5-10,12H,1-4H3/b17-10+/t12-/m1/s1. The fourth-order valence-corrected chi connectivity index (χ4v) is 3.87. The Kier molecular flexibility index (Phi) is 6.12. The molecule has 1 atom stereocenters. The summed E-state index contributed by atoms with van der Waals surface area (Å²) in [6.07, 6.45) is 1.45. The SMILES string of the molecule is COC(=O)c1ccc(-c2ccc(/C=C3/SC(=O)N([C@H](C)C(=O)OC)C3=O)o2)c(C)c1. The molecule has 2 amide bonds. The fraction of sp³-hybridized carbons (Fsp3) is 0.238. The van der Waals surface area contributed by atoms with Gasteiger partial charge < -0.3 is 13.9 Å². The van der Waals surface area contributed by atoms with Crippen molar-refractivity contribution in [3.05, 3.63) is 52.1 Å². The predicted molar refractivity (Wildman–Crippen MR) is 110 cm³/mol. The molecule has 1 saturated heterocycles. The summed E-state index contributed by atoms with van der Waals surface area (Å²) in [7, 11) is 2.51. The molecule has 2 heterocycles. The lowest BCUT2D eigenvalue weighted by Gasteiger charge is -2.18. The van der Waals surface area contributed by atoms with Gasteiger partial charge in [0.1, 0.15) is 17.6 Å². The van der Waals surface area contributed by atoms with Crippen molar-refractivity contribution in [2.24, 2.45) is 0 Å². The minimum Gasteiger partial charge on any atom is -0.467 e. The molecule has 1 aromatic heterocycles. The highest BCUT2D eigenvalue weighted by Gasteiger charge is 2.41. The van der Waals surface area contributed by atoms with E-state index in [1.54, 1.807) is 30.3 Å². The molecular weight excluding hydrogens is 410 g/mol. The molecule has 0 spiro atoms. The Labute approximate surface area is 176 Å². The van der Waals surface area contributed by atoms with Gasteiger partial charge in [-0.3, -0.25) is 14.5 Å². The second-order valence-corrected chi connectivity index (χ2v) is 7.47. The summed E-state index contributed by atoms with van der Waals surface area (Å²) >= 11 is 0.728. The maximum atomic E-state index is 12.6. The van der Waals surface area contributed by atoms with Gasteiger partial charge in [-0.25, -0.2) is 9.59 Å². The maximum Gasteiger partial charge on any atom is 0.337 e. The molecule has 0 aliphatic carbocycles. The van der Waals surface area contributed by atoms with E-state index in [9.17, 15) is 19.2 Å². The number of hydrogen-bond donors (Lipinski definition) is 0. The number of benzene rings is 1. The van der Waals surface area contributed by atoms with Crippen molar-refractivity contribution in [2.75, 3.05) is 14.2 Å². The van der Waals surface area contributed by atoms with Crippen molar-refractivity contribution in [1.29, 1.82) is 0 Å². The zero-order chi connectivity index (χ0) is 22.0. The number of thioether (sulfide) groups is 1. The van der Waals surface area contributed by atoms with E-state index < -0.39 is 29.1 Å². The predicted octanol–water partition coefficient (Wildman–Crippen LogP) is 3.64. The van der Waals surface area contributed by atoms with E-state index >= 15 is 0 Å². The molecule has 1 aromatic carbocycles. The highest BCUT2D eigenvalue weighted by Crippen LogP contribution is 2.35. The summed E-state index contributed by atoms with van der Waals surface area (Å²) in [5.74, 6) is -0.777. The Morgan fingerprint density at radius 3 is 2.50 bits per heavy atom. The third kappa shape index (κ3) is 4.02. The Morgan fingerprint density at radius 1 is 1.13 bits per heavy atom. The Balaban J connectivity index is 1.84. The van der Waals surface area contributed by atoms with Crippen LogP contribution in [0, 0.1) is 6.92 Å². The molecule has 9 heteroatoms. The smallest absolute Gasteiger partial charge is 0.337 e. The molecule has 0 radical (unpaired) electrons. The lowest BCUT2D eigenvalue weighted by molar-refractivity contribution is -0.148. The van der Waals surface area contributed by atoms with Crippen LogP contribution in [0.2, 0.25) is 0 Å². The van der Waals surface area contributed by atoms with E-state index in [1.165, 1.54) is 27.2 Å². The second kappa shape index (κ2) is 8.58. The van der Waals surface area contributed by atoms with Crippen molar-refractivity contribution in [3.8, 4) is 11.3 Å². The minimum atomic E-state index is -1.02. The van der Waals surface area contributed by atoms with Gasteiger partial charge in [-0.2, -0.15) is 0 Å². The number of ether oxygens (including phenoxy) is 2. The van der Waals surface area contributed by atoms with Crippen molar-refractivity contribution >= 4 is 40.9 Å². The van der Waals surface area contributed by atoms with Gasteiger partial charge in [0.25, 0.3) is 11.1 Å². The Morgan fingerprint density at radius 2 is 1.87 bits per heavy atom. The molecular formula is C21H19NO7S. The lowest BCUT2D eigenvalue weighted by atomic mass is 10.0. The fourth-order valence-electron chi connectivity index (χ4n) is 2.98. The lowest BCUT2D eigenvalue weighted by Crippen LogP contribution is -2.42. The van der Waals surface area contributed by atoms with Crippen LogP contribution < -0.4 is 0 Å². The van der Waals surface area contributed by atoms with Gasteiger partial charge >= 0.3 is 11.9 Å². The van der Waals surface area contributed by atoms with Gasteiger partial charge in [-0.05, 0) is 55.4 Å². The molecule has 0 bridgehead atoms. The van der Waals surface area contributed by atoms with Crippen LogP contribution in [0.4, 0.5) is 4.79 Å². The first kappa shape index (κ1) is 21.4. The summed E-state index contributed by atoms with van der Waals surface area (Å²) < 4.78 is 15.1. The largest absolute Gasteiger partial charge is 0.467 e. The number of imide groups is 1. The number of carbonyl (C=O) groups excluding carboxylic acids is 4. The number of rotatable bonds is 5. The molecule has 30 heavy (non-hydrogen) atoms. The molecule has 2 aromatic rings. The third-order valence-electron chi connectivity index (χ3n) is 4.57. The van der Waals surface area contributed by atoms with Crippen LogP contribution in [0.15, 0.2) is 39.7 Å². The molecule has 0 saturated carbocycles. The summed E-state index contributed by atoms with van der Waals surface area (Å²) in [4.78, 5) is 49.1. The second-order valence-electron chi connectivity index (χ2n) is 6.47. The third-order valence-corrected chi connectivity index (χ3v) is 5.45. The zero-order valence-electron chi connectivity index (χ0n) is 16.8. The number of methoxy groups -OCH3 is 2. The highest BCUT2D eigenvalue weighted by atomic mass is 32.2. The first-order chi connectivity index (χ1) is 14.3. The van der Waals surface area contributed by atoms with Crippen LogP contribution >= 0.6 is 11.8 Å². The zero-order valence-corrected chi connectivity index (χ0v) is 17.6. The Bertz CT molecular complexity index is 1070. The summed E-state index contributed by atoms with van der Waals surface area (Å²) in [6, 6.07) is 7.46. The highest BCUT2D eigenvalue weighted by molar-refractivity contribution is 8.18. The van der Waals surface area contributed by atoms with Crippen molar-refractivity contribution in [3.63, 3.8) is 0 Å². The Hall–Kier alpha value is -3.33. The minimum absolute atomic E-state index is 0.148. The van der Waals surface area contributed by atoms with Crippen molar-refractivity contribution < 1.29 is 33.1 Å². The first-order valence-corrected chi connectivity index (χ1v) is 9.72. The monoisotopic (exact) mass is 429 g/mol. The van der Waals surface area contributed by atoms with Crippen molar-refractivity contribution in [1.82, 2.24) is 4.90 Å². The van der Waals surface area contributed by atoms with Crippen LogP contribution in [0.25, 0.3) is 17.4 Å². The number of nitrogens with zero attached hydrogens (tertiary/aromatic N) is 1. The number of esters is 2. The van der Waals surface area contributed by atoms with Crippen LogP contribution in [-0.2, 0) is 19.1 Å². The number of aryl methyl sites for hydroxylation is 1. The number of amides is 2. The van der Waals surface area contributed by atoms with Crippen molar-refractivity contribution in [2.45, 2.75) is 19.9 Å². The topological polar surface area (TPSA) is 103 Å². The van der Waals surface area contributed by atoms with E-state index in [2.05, 4.69) is 4.74 Å². The van der Waals surface area contributed by atoms with Gasteiger partial charge in [0.15, 0.2) is 0 Å². The summed E-state index contributed by atoms with van der Waals surface area (Å²) in [5, 5.41) is -0.551. The van der Waals surface area contributed by atoms with Crippen LogP contribution in [0.3, 0.4) is 0 Å². The van der Waals surface area contributed by atoms with Gasteiger partial charge in [-0.1, -0.05) is 6.07 Å². The quantitative estimate of drug-likeness (QED) is 0.524. The van der Waals surface area contributed by atoms with Crippen LogP contribution in [0.5, 0.6) is 0 Å². The number of hydrogen-bond acceptors (Lipinski definition) is 8. The van der Waals surface area contributed by atoms with E-state index in [0.29, 0.717) is 17.1 Å². The number of carbonyl (C=O) groups is 4. The van der Waals surface area contributed by atoms with E-state index in [-0.39, 0.29) is 4.91 Å². The average molecular weight is 429 g/mol. The molecule has 0 N–H and O–H groups in total. The van der Waals surface area contributed by atoms with Gasteiger partial charge in [0.2, 0.25) is 0 Å². The van der Waals surface area contributed by atoms with Crippen LogP contribution in [-0.4, -0.2) is 48.2 Å². The molecule has 8 nitrogen and oxygen atoms in total. The van der Waals surface area contributed by atoms with Crippen LogP contribution in [0.1, 0.15) is 28.6 Å². The number of furan rings is 1. The van der Waals surface area contributed by atoms with Gasteiger partial charge in [0, 0.05) is 11.6 Å². The first-order valence-electron chi connectivity index (χ1n) is 8.91. The molecule has 1 fully saturated rings. The molecule has 1 aliphatic heterocycles. The summed E-state index contributed by atoms with van der Waals surface area (Å²) in [6.45, 7) is 3.26. The molecule has 0 unspecified atom stereocenters.